The summed E-state index contributed by atoms with van der Waals surface area (Å²) in [4.78, 5) is 11.7. The number of rotatable bonds is 3. The lowest BCUT2D eigenvalue weighted by atomic mass is 9.95. The number of likely N-dealkylation sites (tertiary alicyclic amines) is 1. The fourth-order valence-electron chi connectivity index (χ4n) is 3.77. The molecular formula is C20H23ClFN5. The van der Waals surface area contributed by atoms with Gasteiger partial charge in [-0.2, -0.15) is 4.52 Å². The van der Waals surface area contributed by atoms with Crippen molar-refractivity contribution < 1.29 is 4.39 Å². The lowest BCUT2D eigenvalue weighted by Crippen LogP contribution is -2.38. The molecule has 142 valence electrons. The summed E-state index contributed by atoms with van der Waals surface area (Å²) in [5, 5.41) is 4.88. The van der Waals surface area contributed by atoms with Gasteiger partial charge in [0.15, 0.2) is 11.5 Å². The van der Waals surface area contributed by atoms with Crippen LogP contribution in [0.5, 0.6) is 0 Å². The average Bonchev–Trinajstić information content (AvgIpc) is 3.06. The molecule has 0 unspecified atom stereocenters. The van der Waals surface area contributed by atoms with E-state index in [-0.39, 0.29) is 11.1 Å². The normalized spacial score (nSPS) is 16.5. The van der Waals surface area contributed by atoms with E-state index in [0.717, 1.165) is 42.9 Å². The number of halogens is 2. The van der Waals surface area contributed by atoms with Gasteiger partial charge in [-0.15, -0.1) is 5.10 Å². The van der Waals surface area contributed by atoms with Gasteiger partial charge in [-0.3, -0.25) is 0 Å². The number of aromatic nitrogens is 4. The number of hydrogen-bond donors (Lipinski definition) is 0. The third-order valence-electron chi connectivity index (χ3n) is 5.39. The SMILES string of the molecule is Cc1cc(F)ccc1-c1cc2nc(C3CCN(C(C)C)CC3)nn2c(Cl)n1. The molecule has 3 heterocycles. The number of aryl methyl sites for hydroxylation is 1. The summed E-state index contributed by atoms with van der Waals surface area (Å²) in [5.41, 5.74) is 3.01. The van der Waals surface area contributed by atoms with E-state index in [1.807, 2.05) is 13.0 Å². The summed E-state index contributed by atoms with van der Waals surface area (Å²) in [6.07, 6.45) is 2.09. The van der Waals surface area contributed by atoms with Crippen molar-refractivity contribution in [2.24, 2.45) is 0 Å². The number of hydrogen-bond acceptors (Lipinski definition) is 4. The van der Waals surface area contributed by atoms with Crippen LogP contribution in [0.3, 0.4) is 0 Å². The zero-order valence-corrected chi connectivity index (χ0v) is 16.5. The Morgan fingerprint density at radius 3 is 2.56 bits per heavy atom. The average molecular weight is 388 g/mol. The van der Waals surface area contributed by atoms with E-state index in [1.165, 1.54) is 12.1 Å². The van der Waals surface area contributed by atoms with Crippen LogP contribution in [0.25, 0.3) is 16.9 Å². The summed E-state index contributed by atoms with van der Waals surface area (Å²) in [7, 11) is 0. The zero-order valence-electron chi connectivity index (χ0n) is 15.8. The van der Waals surface area contributed by atoms with Gasteiger partial charge in [0.2, 0.25) is 5.28 Å². The van der Waals surface area contributed by atoms with Crippen molar-refractivity contribution in [3.8, 4) is 11.3 Å². The zero-order chi connectivity index (χ0) is 19.1. The molecule has 7 heteroatoms. The monoisotopic (exact) mass is 387 g/mol. The second-order valence-corrected chi connectivity index (χ2v) is 7.85. The molecule has 1 fully saturated rings. The van der Waals surface area contributed by atoms with E-state index >= 15 is 0 Å². The highest BCUT2D eigenvalue weighted by molar-refractivity contribution is 6.28. The van der Waals surface area contributed by atoms with E-state index < -0.39 is 0 Å². The molecule has 0 spiro atoms. The van der Waals surface area contributed by atoms with Crippen molar-refractivity contribution in [2.45, 2.75) is 45.6 Å². The molecule has 5 nitrogen and oxygen atoms in total. The van der Waals surface area contributed by atoms with E-state index in [2.05, 4.69) is 28.8 Å². The highest BCUT2D eigenvalue weighted by Gasteiger charge is 2.25. The lowest BCUT2D eigenvalue weighted by Gasteiger charge is -2.33. The summed E-state index contributed by atoms with van der Waals surface area (Å²) in [5.74, 6) is 0.906. The second-order valence-electron chi connectivity index (χ2n) is 7.51. The van der Waals surface area contributed by atoms with Crippen LogP contribution in [0, 0.1) is 12.7 Å². The molecule has 0 radical (unpaired) electrons. The van der Waals surface area contributed by atoms with Crippen LogP contribution in [-0.2, 0) is 0 Å². The Labute approximate surface area is 163 Å². The molecule has 1 saturated heterocycles. The molecule has 0 N–H and O–H groups in total. The van der Waals surface area contributed by atoms with Crippen molar-refractivity contribution in [1.29, 1.82) is 0 Å². The quantitative estimate of drug-likeness (QED) is 0.621. The van der Waals surface area contributed by atoms with Gasteiger partial charge in [0.25, 0.3) is 0 Å². The Bertz CT molecular complexity index is 976. The third-order valence-corrected chi connectivity index (χ3v) is 5.64. The molecule has 0 amide bonds. The Morgan fingerprint density at radius 2 is 1.89 bits per heavy atom. The first-order valence-corrected chi connectivity index (χ1v) is 9.74. The van der Waals surface area contributed by atoms with Crippen molar-refractivity contribution in [1.82, 2.24) is 24.5 Å². The van der Waals surface area contributed by atoms with Crippen LogP contribution in [0.15, 0.2) is 24.3 Å². The number of piperidine rings is 1. The van der Waals surface area contributed by atoms with Gasteiger partial charge in [-0.05, 0) is 82.1 Å². The Hall–Kier alpha value is -2.05. The Balaban J connectivity index is 1.66. The third kappa shape index (κ3) is 3.56. The molecule has 3 aromatic rings. The van der Waals surface area contributed by atoms with Crippen LogP contribution in [-0.4, -0.2) is 43.6 Å². The Kier molecular flexibility index (Phi) is 4.86. The maximum atomic E-state index is 13.4. The minimum absolute atomic E-state index is 0.263. The first kappa shape index (κ1) is 18.3. The maximum Gasteiger partial charge on any atom is 0.226 e. The smallest absolute Gasteiger partial charge is 0.226 e. The highest BCUT2D eigenvalue weighted by atomic mass is 35.5. The molecule has 1 aliphatic heterocycles. The van der Waals surface area contributed by atoms with Crippen LogP contribution in [0.2, 0.25) is 5.28 Å². The molecular weight excluding hydrogens is 365 g/mol. The molecule has 2 aromatic heterocycles. The summed E-state index contributed by atoms with van der Waals surface area (Å²) >= 11 is 6.38. The minimum Gasteiger partial charge on any atom is -0.301 e. The molecule has 0 saturated carbocycles. The first-order valence-electron chi connectivity index (χ1n) is 9.36. The standard InChI is InChI=1S/C20H23ClFN5/c1-12(2)26-8-6-14(7-9-26)19-24-18-11-17(23-20(21)27(18)25-19)16-5-4-15(22)10-13(16)3/h4-5,10-12,14H,6-9H2,1-3H3. The van der Waals surface area contributed by atoms with E-state index in [9.17, 15) is 4.39 Å². The van der Waals surface area contributed by atoms with Gasteiger partial charge >= 0.3 is 0 Å². The summed E-state index contributed by atoms with van der Waals surface area (Å²) in [6.45, 7) is 8.44. The first-order chi connectivity index (χ1) is 12.9. The van der Waals surface area contributed by atoms with Crippen molar-refractivity contribution in [3.63, 3.8) is 0 Å². The molecule has 4 rings (SSSR count). The Morgan fingerprint density at radius 1 is 1.15 bits per heavy atom. The molecule has 1 aromatic carbocycles. The van der Waals surface area contributed by atoms with E-state index in [0.29, 0.717) is 23.3 Å². The minimum atomic E-state index is -0.263. The van der Waals surface area contributed by atoms with Gasteiger partial charge in [-0.25, -0.2) is 14.4 Å². The van der Waals surface area contributed by atoms with Crippen molar-refractivity contribution >= 4 is 17.2 Å². The number of benzene rings is 1. The van der Waals surface area contributed by atoms with E-state index in [1.54, 1.807) is 10.6 Å². The number of fused-ring (bicyclic) bond motifs is 1. The lowest BCUT2D eigenvalue weighted by molar-refractivity contribution is 0.169. The van der Waals surface area contributed by atoms with Gasteiger partial charge in [0.05, 0.1) is 5.69 Å². The van der Waals surface area contributed by atoms with Crippen LogP contribution < -0.4 is 0 Å². The molecule has 1 aliphatic rings. The second kappa shape index (κ2) is 7.17. The fraction of sp³-hybridized carbons (Fsp3) is 0.450. The van der Waals surface area contributed by atoms with Gasteiger partial charge < -0.3 is 4.90 Å². The summed E-state index contributed by atoms with van der Waals surface area (Å²) in [6, 6.07) is 7.08. The molecule has 27 heavy (non-hydrogen) atoms. The van der Waals surface area contributed by atoms with Crippen LogP contribution >= 0.6 is 11.6 Å². The summed E-state index contributed by atoms with van der Waals surface area (Å²) < 4.78 is 15.0. The molecule has 0 atom stereocenters. The maximum absolute atomic E-state index is 13.4. The van der Waals surface area contributed by atoms with Crippen LogP contribution in [0.1, 0.15) is 44.0 Å². The van der Waals surface area contributed by atoms with Gasteiger partial charge in [0.1, 0.15) is 5.82 Å². The topological polar surface area (TPSA) is 46.3 Å². The predicted molar refractivity (Wildman–Crippen MR) is 105 cm³/mol. The van der Waals surface area contributed by atoms with Gasteiger partial charge in [0, 0.05) is 23.6 Å². The van der Waals surface area contributed by atoms with Crippen LogP contribution in [0.4, 0.5) is 4.39 Å². The van der Waals surface area contributed by atoms with E-state index in [4.69, 9.17) is 16.6 Å². The van der Waals surface area contributed by atoms with Gasteiger partial charge in [-0.1, -0.05) is 0 Å². The largest absolute Gasteiger partial charge is 0.301 e. The van der Waals surface area contributed by atoms with Crippen molar-refractivity contribution in [3.05, 3.63) is 46.8 Å². The predicted octanol–water partition coefficient (Wildman–Crippen LogP) is 4.48. The van der Waals surface area contributed by atoms with Crippen molar-refractivity contribution in [2.75, 3.05) is 13.1 Å². The molecule has 0 bridgehead atoms. The highest BCUT2D eigenvalue weighted by Crippen LogP contribution is 2.29. The number of nitrogens with zero attached hydrogens (tertiary/aromatic N) is 5. The fourth-order valence-corrected chi connectivity index (χ4v) is 3.99. The molecule has 0 aliphatic carbocycles.